The molecular formula is C15H19N3O. The molecule has 0 radical (unpaired) electrons. The van der Waals surface area contributed by atoms with Crippen LogP contribution in [0.3, 0.4) is 0 Å². The molecule has 0 fully saturated rings. The number of aromatic nitrogens is 1. The number of nitrogens with two attached hydrogens (primary N) is 1. The van der Waals surface area contributed by atoms with Crippen LogP contribution in [-0.4, -0.2) is 18.6 Å². The number of hydrogen-bond acceptors (Lipinski definition) is 4. The predicted octanol–water partition coefficient (Wildman–Crippen LogP) is 2.70. The highest BCUT2D eigenvalue weighted by Gasteiger charge is 2.11. The molecule has 2 rings (SSSR count). The largest absolute Gasteiger partial charge is 0.481 e. The van der Waals surface area contributed by atoms with E-state index in [4.69, 9.17) is 10.5 Å². The van der Waals surface area contributed by atoms with Crippen LogP contribution in [0.4, 0.5) is 11.4 Å². The van der Waals surface area contributed by atoms with E-state index in [0.717, 1.165) is 30.0 Å². The molecular weight excluding hydrogens is 238 g/mol. The number of rotatable bonds is 5. The molecule has 1 heterocycles. The van der Waals surface area contributed by atoms with E-state index in [1.54, 1.807) is 13.3 Å². The molecule has 0 unspecified atom stereocenters. The van der Waals surface area contributed by atoms with Crippen LogP contribution in [-0.2, 0) is 6.54 Å². The number of pyridine rings is 1. The van der Waals surface area contributed by atoms with Gasteiger partial charge in [0.15, 0.2) is 0 Å². The van der Waals surface area contributed by atoms with Crippen molar-refractivity contribution >= 4 is 11.4 Å². The smallest absolute Gasteiger partial charge is 0.218 e. The summed E-state index contributed by atoms with van der Waals surface area (Å²) in [6.07, 6.45) is 1.73. The number of nitrogens with zero attached hydrogens (tertiary/aromatic N) is 2. The molecule has 2 N–H and O–H groups in total. The van der Waals surface area contributed by atoms with E-state index >= 15 is 0 Å². The zero-order valence-corrected chi connectivity index (χ0v) is 11.3. The fourth-order valence-corrected chi connectivity index (χ4v) is 2.08. The van der Waals surface area contributed by atoms with Gasteiger partial charge in [-0.15, -0.1) is 0 Å². The van der Waals surface area contributed by atoms with Crippen molar-refractivity contribution in [1.29, 1.82) is 0 Å². The van der Waals surface area contributed by atoms with Crippen molar-refractivity contribution in [2.45, 2.75) is 13.5 Å². The highest BCUT2D eigenvalue weighted by atomic mass is 16.5. The molecule has 0 atom stereocenters. The molecule has 4 nitrogen and oxygen atoms in total. The fourth-order valence-electron chi connectivity index (χ4n) is 2.08. The normalized spacial score (nSPS) is 10.2. The summed E-state index contributed by atoms with van der Waals surface area (Å²) in [6, 6.07) is 11.8. The highest BCUT2D eigenvalue weighted by molar-refractivity contribution is 5.67. The van der Waals surface area contributed by atoms with Gasteiger partial charge in [-0.3, -0.25) is 0 Å². The van der Waals surface area contributed by atoms with Gasteiger partial charge in [-0.05, 0) is 25.1 Å². The maximum atomic E-state index is 6.03. The average molecular weight is 257 g/mol. The van der Waals surface area contributed by atoms with Crippen molar-refractivity contribution in [2.24, 2.45) is 0 Å². The lowest BCUT2D eigenvalue weighted by Crippen LogP contribution is -2.23. The molecule has 0 spiro atoms. The predicted molar refractivity (Wildman–Crippen MR) is 78.4 cm³/mol. The molecule has 0 aliphatic rings. The van der Waals surface area contributed by atoms with Crippen LogP contribution in [0.2, 0.25) is 0 Å². The summed E-state index contributed by atoms with van der Waals surface area (Å²) in [7, 11) is 1.64. The third kappa shape index (κ3) is 2.96. The molecule has 1 aromatic carbocycles. The van der Waals surface area contributed by atoms with Gasteiger partial charge in [-0.1, -0.05) is 18.2 Å². The van der Waals surface area contributed by atoms with Crippen LogP contribution >= 0.6 is 0 Å². The fraction of sp³-hybridized carbons (Fsp3) is 0.267. The van der Waals surface area contributed by atoms with Crippen molar-refractivity contribution in [3.05, 3.63) is 48.2 Å². The van der Waals surface area contributed by atoms with Crippen LogP contribution in [0.25, 0.3) is 0 Å². The number of benzene rings is 1. The van der Waals surface area contributed by atoms with E-state index in [0.29, 0.717) is 5.88 Å². The van der Waals surface area contributed by atoms with Gasteiger partial charge in [-0.2, -0.15) is 0 Å². The standard InChI is InChI=1S/C15H19N3O/c1-3-18(14-9-5-4-8-13(14)16)11-12-7-6-10-17-15(12)19-2/h4-10H,3,11,16H2,1-2H3. The third-order valence-corrected chi connectivity index (χ3v) is 3.06. The molecule has 0 saturated heterocycles. The Balaban J connectivity index is 2.27. The van der Waals surface area contributed by atoms with Crippen LogP contribution in [0.1, 0.15) is 12.5 Å². The van der Waals surface area contributed by atoms with Gasteiger partial charge in [0.1, 0.15) is 0 Å². The van der Waals surface area contributed by atoms with Gasteiger partial charge in [0, 0.05) is 24.8 Å². The van der Waals surface area contributed by atoms with E-state index in [1.165, 1.54) is 0 Å². The quantitative estimate of drug-likeness (QED) is 0.837. The first-order valence-electron chi connectivity index (χ1n) is 6.33. The number of para-hydroxylation sites is 2. The molecule has 0 amide bonds. The molecule has 100 valence electrons. The van der Waals surface area contributed by atoms with Gasteiger partial charge in [0.25, 0.3) is 0 Å². The Kier molecular flexibility index (Phi) is 4.23. The van der Waals surface area contributed by atoms with Crippen LogP contribution in [0.15, 0.2) is 42.6 Å². The highest BCUT2D eigenvalue weighted by Crippen LogP contribution is 2.25. The summed E-state index contributed by atoms with van der Waals surface area (Å²) in [5.74, 6) is 0.662. The maximum Gasteiger partial charge on any atom is 0.218 e. The number of nitrogen functional groups attached to an aromatic ring is 1. The van der Waals surface area contributed by atoms with Gasteiger partial charge < -0.3 is 15.4 Å². The number of ether oxygens (including phenoxy) is 1. The number of hydrogen-bond donors (Lipinski definition) is 1. The third-order valence-electron chi connectivity index (χ3n) is 3.06. The Hall–Kier alpha value is -2.23. The molecule has 0 aliphatic heterocycles. The molecule has 0 saturated carbocycles. The second-order valence-electron chi connectivity index (χ2n) is 4.24. The Morgan fingerprint density at radius 1 is 1.21 bits per heavy atom. The van der Waals surface area contributed by atoms with E-state index in [9.17, 15) is 0 Å². The van der Waals surface area contributed by atoms with Crippen LogP contribution < -0.4 is 15.4 Å². The molecule has 0 bridgehead atoms. The number of methoxy groups -OCH3 is 1. The minimum Gasteiger partial charge on any atom is -0.481 e. The van der Waals surface area contributed by atoms with E-state index in [1.807, 2.05) is 36.4 Å². The first-order valence-corrected chi connectivity index (χ1v) is 6.33. The summed E-state index contributed by atoms with van der Waals surface area (Å²) in [5.41, 5.74) is 8.91. The first-order chi connectivity index (χ1) is 9.26. The molecule has 4 heteroatoms. The monoisotopic (exact) mass is 257 g/mol. The first kappa shape index (κ1) is 13.2. The molecule has 0 aliphatic carbocycles. The zero-order chi connectivity index (χ0) is 13.7. The Bertz CT molecular complexity index is 542. The van der Waals surface area contributed by atoms with Crippen molar-refractivity contribution in [2.75, 3.05) is 24.3 Å². The molecule has 2 aromatic rings. The van der Waals surface area contributed by atoms with Crippen molar-refractivity contribution < 1.29 is 4.74 Å². The number of anilines is 2. The summed E-state index contributed by atoms with van der Waals surface area (Å²) in [5, 5.41) is 0. The minimum absolute atomic E-state index is 0.662. The summed E-state index contributed by atoms with van der Waals surface area (Å²) in [4.78, 5) is 6.42. The minimum atomic E-state index is 0.662. The SMILES string of the molecule is CCN(Cc1cccnc1OC)c1ccccc1N. The van der Waals surface area contributed by atoms with E-state index in [2.05, 4.69) is 16.8 Å². The molecule has 1 aromatic heterocycles. The van der Waals surface area contributed by atoms with E-state index < -0.39 is 0 Å². The molecule has 19 heavy (non-hydrogen) atoms. The summed E-state index contributed by atoms with van der Waals surface area (Å²) in [6.45, 7) is 3.70. The van der Waals surface area contributed by atoms with Gasteiger partial charge in [0.05, 0.1) is 18.5 Å². The maximum absolute atomic E-state index is 6.03. The summed E-state index contributed by atoms with van der Waals surface area (Å²) < 4.78 is 5.29. The van der Waals surface area contributed by atoms with Crippen molar-refractivity contribution in [3.63, 3.8) is 0 Å². The van der Waals surface area contributed by atoms with Gasteiger partial charge in [-0.25, -0.2) is 4.98 Å². The van der Waals surface area contributed by atoms with Crippen molar-refractivity contribution in [3.8, 4) is 5.88 Å². The zero-order valence-electron chi connectivity index (χ0n) is 11.3. The van der Waals surface area contributed by atoms with Gasteiger partial charge in [0.2, 0.25) is 5.88 Å². The lowest BCUT2D eigenvalue weighted by molar-refractivity contribution is 0.392. The Labute approximate surface area is 113 Å². The van der Waals surface area contributed by atoms with Crippen molar-refractivity contribution in [1.82, 2.24) is 4.98 Å². The van der Waals surface area contributed by atoms with Crippen LogP contribution in [0, 0.1) is 0 Å². The average Bonchev–Trinajstić information content (AvgIpc) is 2.46. The second-order valence-corrected chi connectivity index (χ2v) is 4.24. The topological polar surface area (TPSA) is 51.4 Å². The van der Waals surface area contributed by atoms with E-state index in [-0.39, 0.29) is 0 Å². The van der Waals surface area contributed by atoms with Gasteiger partial charge >= 0.3 is 0 Å². The van der Waals surface area contributed by atoms with Crippen LogP contribution in [0.5, 0.6) is 5.88 Å². The Morgan fingerprint density at radius 3 is 2.68 bits per heavy atom. The second kappa shape index (κ2) is 6.09. The summed E-state index contributed by atoms with van der Waals surface area (Å²) >= 11 is 0. The lowest BCUT2D eigenvalue weighted by Gasteiger charge is -2.25. The lowest BCUT2D eigenvalue weighted by atomic mass is 10.2. The Morgan fingerprint density at radius 2 is 2.00 bits per heavy atom.